The van der Waals surface area contributed by atoms with E-state index in [1.165, 1.54) is 11.1 Å². The Morgan fingerprint density at radius 3 is 2.74 bits per heavy atom. The van der Waals surface area contributed by atoms with Crippen molar-refractivity contribution in [1.29, 1.82) is 0 Å². The summed E-state index contributed by atoms with van der Waals surface area (Å²) in [5.41, 5.74) is 2.65. The second-order valence-corrected chi connectivity index (χ2v) is 5.76. The molecule has 0 aliphatic rings. The quantitative estimate of drug-likeness (QED) is 0.832. The van der Waals surface area contributed by atoms with Gasteiger partial charge in [0.15, 0.2) is 0 Å². The van der Waals surface area contributed by atoms with Crippen LogP contribution in [0.1, 0.15) is 18.1 Å². The molecule has 1 atom stereocenters. The highest BCUT2D eigenvalue weighted by molar-refractivity contribution is 9.10. The van der Waals surface area contributed by atoms with Gasteiger partial charge in [0.2, 0.25) is 0 Å². The molecule has 0 spiro atoms. The summed E-state index contributed by atoms with van der Waals surface area (Å²) in [5.74, 6) is 0.590. The minimum atomic E-state index is 0.590. The molecule has 0 aliphatic carbocycles. The molecular weight excluding hydrogens is 302 g/mol. The molecule has 102 valence electrons. The van der Waals surface area contributed by atoms with Crippen molar-refractivity contribution in [1.82, 2.24) is 5.32 Å². The number of rotatable bonds is 7. The van der Waals surface area contributed by atoms with Crippen LogP contribution < -0.4 is 5.32 Å². The highest BCUT2D eigenvalue weighted by atomic mass is 79.9. The van der Waals surface area contributed by atoms with Crippen LogP contribution in [0.5, 0.6) is 0 Å². The maximum absolute atomic E-state index is 5.16. The number of nitrogens with one attached hydrogen (secondary N) is 1. The van der Waals surface area contributed by atoms with Gasteiger partial charge in [-0.05, 0) is 61.2 Å². The third kappa shape index (κ3) is 4.84. The van der Waals surface area contributed by atoms with Gasteiger partial charge in [-0.25, -0.2) is 0 Å². The first-order chi connectivity index (χ1) is 9.28. The summed E-state index contributed by atoms with van der Waals surface area (Å²) in [6.07, 6.45) is 5.73. The first kappa shape index (κ1) is 14.4. The molecule has 0 saturated carbocycles. The lowest BCUT2D eigenvalue weighted by molar-refractivity contribution is 0.474. The summed E-state index contributed by atoms with van der Waals surface area (Å²) in [6, 6.07) is 10.6. The Morgan fingerprint density at radius 1 is 1.21 bits per heavy atom. The number of halogens is 1. The molecule has 1 unspecified atom stereocenters. The van der Waals surface area contributed by atoms with Crippen LogP contribution in [0.25, 0.3) is 0 Å². The van der Waals surface area contributed by atoms with E-state index < -0.39 is 0 Å². The monoisotopic (exact) mass is 321 g/mol. The topological polar surface area (TPSA) is 25.2 Å². The largest absolute Gasteiger partial charge is 0.472 e. The van der Waals surface area contributed by atoms with Crippen LogP contribution in [0, 0.1) is 5.92 Å². The average molecular weight is 322 g/mol. The molecule has 1 aromatic carbocycles. The summed E-state index contributed by atoms with van der Waals surface area (Å²) < 4.78 is 6.31. The minimum absolute atomic E-state index is 0.590. The van der Waals surface area contributed by atoms with Gasteiger partial charge in [-0.2, -0.15) is 0 Å². The van der Waals surface area contributed by atoms with Gasteiger partial charge >= 0.3 is 0 Å². The fourth-order valence-corrected chi connectivity index (χ4v) is 2.75. The molecule has 0 radical (unpaired) electrons. The number of furan rings is 1. The van der Waals surface area contributed by atoms with Gasteiger partial charge in [-0.3, -0.25) is 0 Å². The van der Waals surface area contributed by atoms with Gasteiger partial charge in [0.05, 0.1) is 12.5 Å². The van der Waals surface area contributed by atoms with Crippen LogP contribution in [0.4, 0.5) is 0 Å². The van der Waals surface area contributed by atoms with Crippen molar-refractivity contribution < 1.29 is 4.42 Å². The van der Waals surface area contributed by atoms with Gasteiger partial charge in [-0.15, -0.1) is 0 Å². The highest BCUT2D eigenvalue weighted by Crippen LogP contribution is 2.18. The summed E-state index contributed by atoms with van der Waals surface area (Å²) in [4.78, 5) is 0. The Kier molecular flexibility index (Phi) is 5.67. The number of hydrogen-bond acceptors (Lipinski definition) is 2. The average Bonchev–Trinajstić information content (AvgIpc) is 2.89. The van der Waals surface area contributed by atoms with Gasteiger partial charge in [0, 0.05) is 4.47 Å². The van der Waals surface area contributed by atoms with Crippen LogP contribution in [-0.2, 0) is 12.8 Å². The van der Waals surface area contributed by atoms with Crippen LogP contribution in [0.3, 0.4) is 0 Å². The molecule has 1 N–H and O–H groups in total. The molecule has 0 bridgehead atoms. The van der Waals surface area contributed by atoms with Crippen LogP contribution in [0.2, 0.25) is 0 Å². The van der Waals surface area contributed by atoms with E-state index in [4.69, 9.17) is 4.42 Å². The smallest absolute Gasteiger partial charge is 0.0934 e. The molecular formula is C16H20BrNO. The summed E-state index contributed by atoms with van der Waals surface area (Å²) in [7, 11) is 0. The molecule has 0 amide bonds. The maximum Gasteiger partial charge on any atom is 0.0934 e. The van der Waals surface area contributed by atoms with Gasteiger partial charge < -0.3 is 9.73 Å². The summed E-state index contributed by atoms with van der Waals surface area (Å²) >= 11 is 3.53. The van der Waals surface area contributed by atoms with Gasteiger partial charge in [0.25, 0.3) is 0 Å². The Labute approximate surface area is 123 Å². The van der Waals surface area contributed by atoms with Crippen LogP contribution in [0.15, 0.2) is 51.7 Å². The Hall–Kier alpha value is -1.06. The fourth-order valence-electron chi connectivity index (χ4n) is 2.30. The van der Waals surface area contributed by atoms with Crippen LogP contribution in [-0.4, -0.2) is 13.1 Å². The molecule has 0 saturated heterocycles. The van der Waals surface area contributed by atoms with E-state index in [-0.39, 0.29) is 0 Å². The van der Waals surface area contributed by atoms with Crippen LogP contribution >= 0.6 is 15.9 Å². The molecule has 3 heteroatoms. The normalized spacial score (nSPS) is 12.5. The molecule has 2 aromatic rings. The number of benzene rings is 1. The fraction of sp³-hybridized carbons (Fsp3) is 0.375. The minimum Gasteiger partial charge on any atom is -0.472 e. The van der Waals surface area contributed by atoms with E-state index in [1.807, 2.05) is 6.26 Å². The van der Waals surface area contributed by atoms with E-state index in [0.717, 1.165) is 30.4 Å². The second-order valence-electron chi connectivity index (χ2n) is 4.84. The Morgan fingerprint density at radius 2 is 2.05 bits per heavy atom. The van der Waals surface area contributed by atoms with E-state index in [2.05, 4.69) is 58.5 Å². The molecule has 1 aromatic heterocycles. The predicted octanol–water partition coefficient (Wildman–Crippen LogP) is 4.05. The van der Waals surface area contributed by atoms with E-state index in [1.54, 1.807) is 6.26 Å². The van der Waals surface area contributed by atoms with E-state index in [0.29, 0.717) is 5.92 Å². The first-order valence-electron chi connectivity index (χ1n) is 6.74. The Bertz CT molecular complexity index is 481. The standard InChI is InChI=1S/C16H20BrNO/c1-2-18-11-15(9-14-6-7-19-12-14)8-13-4-3-5-16(17)10-13/h3-7,10,12,15,18H,2,8-9,11H2,1H3. The third-order valence-electron chi connectivity index (χ3n) is 3.20. The first-order valence-corrected chi connectivity index (χ1v) is 7.53. The summed E-state index contributed by atoms with van der Waals surface area (Å²) in [5, 5.41) is 3.45. The maximum atomic E-state index is 5.16. The lowest BCUT2D eigenvalue weighted by atomic mass is 9.93. The highest BCUT2D eigenvalue weighted by Gasteiger charge is 2.11. The van der Waals surface area contributed by atoms with Crippen molar-refractivity contribution in [2.24, 2.45) is 5.92 Å². The predicted molar refractivity (Wildman–Crippen MR) is 82.3 cm³/mol. The molecule has 2 nitrogen and oxygen atoms in total. The van der Waals surface area contributed by atoms with Crippen molar-refractivity contribution in [2.45, 2.75) is 19.8 Å². The number of hydrogen-bond donors (Lipinski definition) is 1. The molecule has 19 heavy (non-hydrogen) atoms. The van der Waals surface area contributed by atoms with Crippen molar-refractivity contribution in [3.63, 3.8) is 0 Å². The molecule has 0 fully saturated rings. The second kappa shape index (κ2) is 7.51. The van der Waals surface area contributed by atoms with Crippen molar-refractivity contribution >= 4 is 15.9 Å². The molecule has 0 aliphatic heterocycles. The Balaban J connectivity index is 2.00. The zero-order valence-corrected chi connectivity index (χ0v) is 12.8. The van der Waals surface area contributed by atoms with Gasteiger partial charge in [0.1, 0.15) is 0 Å². The summed E-state index contributed by atoms with van der Waals surface area (Å²) in [6.45, 7) is 4.20. The van der Waals surface area contributed by atoms with E-state index >= 15 is 0 Å². The third-order valence-corrected chi connectivity index (χ3v) is 3.69. The lowest BCUT2D eigenvalue weighted by Crippen LogP contribution is -2.25. The lowest BCUT2D eigenvalue weighted by Gasteiger charge is -2.17. The van der Waals surface area contributed by atoms with Crippen molar-refractivity contribution in [3.05, 3.63) is 58.5 Å². The van der Waals surface area contributed by atoms with Gasteiger partial charge in [-0.1, -0.05) is 35.0 Å². The molecule has 2 rings (SSSR count). The van der Waals surface area contributed by atoms with Crippen molar-refractivity contribution in [2.75, 3.05) is 13.1 Å². The SMILES string of the molecule is CCNCC(Cc1ccoc1)Cc1cccc(Br)c1. The van der Waals surface area contributed by atoms with E-state index in [9.17, 15) is 0 Å². The van der Waals surface area contributed by atoms with Crippen molar-refractivity contribution in [3.8, 4) is 0 Å². The zero-order chi connectivity index (χ0) is 13.5. The molecule has 1 heterocycles. The zero-order valence-electron chi connectivity index (χ0n) is 11.2.